The summed E-state index contributed by atoms with van der Waals surface area (Å²) in [5.74, 6) is 0. The molecular formula is C14H11BrF3NO. The van der Waals surface area contributed by atoms with Gasteiger partial charge in [-0.3, -0.25) is 4.98 Å². The Labute approximate surface area is 122 Å². The van der Waals surface area contributed by atoms with Gasteiger partial charge in [0.2, 0.25) is 0 Å². The van der Waals surface area contributed by atoms with E-state index in [0.29, 0.717) is 11.3 Å². The molecule has 2 aromatic rings. The lowest BCUT2D eigenvalue weighted by atomic mass is 10.0. The quantitative estimate of drug-likeness (QED) is 0.906. The van der Waals surface area contributed by atoms with Crippen molar-refractivity contribution in [2.24, 2.45) is 0 Å². The predicted molar refractivity (Wildman–Crippen MR) is 72.0 cm³/mol. The van der Waals surface area contributed by atoms with Crippen molar-refractivity contribution in [2.45, 2.75) is 18.7 Å². The van der Waals surface area contributed by atoms with Gasteiger partial charge in [0.25, 0.3) is 0 Å². The first kappa shape index (κ1) is 15.0. The molecule has 1 N–H and O–H groups in total. The molecule has 0 saturated carbocycles. The minimum atomic E-state index is -4.36. The minimum absolute atomic E-state index is 0.249. The molecule has 0 fully saturated rings. The molecule has 0 aliphatic carbocycles. The number of aliphatic hydroxyl groups is 1. The fourth-order valence-corrected chi connectivity index (χ4v) is 1.97. The van der Waals surface area contributed by atoms with Crippen LogP contribution in [0.3, 0.4) is 0 Å². The van der Waals surface area contributed by atoms with Gasteiger partial charge >= 0.3 is 6.18 Å². The van der Waals surface area contributed by atoms with Crippen LogP contribution in [0.25, 0.3) is 0 Å². The SMILES string of the molecule is OC(Cc1ccc(Br)cn1)c1ccc(C(F)(F)F)cc1. The Kier molecular flexibility index (Phi) is 4.45. The lowest BCUT2D eigenvalue weighted by Crippen LogP contribution is -2.07. The number of rotatable bonds is 3. The van der Waals surface area contributed by atoms with Crippen molar-refractivity contribution in [3.63, 3.8) is 0 Å². The third kappa shape index (κ3) is 3.80. The Morgan fingerprint density at radius 3 is 2.25 bits per heavy atom. The number of benzene rings is 1. The Bertz CT molecular complexity index is 566. The number of aromatic nitrogens is 1. The van der Waals surface area contributed by atoms with Crippen LogP contribution in [-0.4, -0.2) is 10.1 Å². The van der Waals surface area contributed by atoms with E-state index in [0.717, 1.165) is 16.6 Å². The van der Waals surface area contributed by atoms with Gasteiger partial charge in [-0.2, -0.15) is 13.2 Å². The summed E-state index contributed by atoms with van der Waals surface area (Å²) in [5, 5.41) is 10.0. The highest BCUT2D eigenvalue weighted by molar-refractivity contribution is 9.10. The van der Waals surface area contributed by atoms with Crippen LogP contribution in [0.15, 0.2) is 47.1 Å². The highest BCUT2D eigenvalue weighted by atomic mass is 79.9. The van der Waals surface area contributed by atoms with Gasteiger partial charge < -0.3 is 5.11 Å². The second kappa shape index (κ2) is 5.93. The second-order valence-electron chi connectivity index (χ2n) is 4.31. The maximum atomic E-state index is 12.4. The van der Waals surface area contributed by atoms with E-state index in [1.807, 2.05) is 0 Å². The van der Waals surface area contributed by atoms with Gasteiger partial charge in [0.15, 0.2) is 0 Å². The Morgan fingerprint density at radius 2 is 1.75 bits per heavy atom. The first-order chi connectivity index (χ1) is 9.36. The van der Waals surface area contributed by atoms with Crippen LogP contribution < -0.4 is 0 Å². The topological polar surface area (TPSA) is 33.1 Å². The van der Waals surface area contributed by atoms with Crippen molar-refractivity contribution < 1.29 is 18.3 Å². The Balaban J connectivity index is 2.09. The lowest BCUT2D eigenvalue weighted by Gasteiger charge is -2.12. The molecule has 20 heavy (non-hydrogen) atoms. The maximum Gasteiger partial charge on any atom is 0.416 e. The summed E-state index contributed by atoms with van der Waals surface area (Å²) < 4.78 is 38.1. The summed E-state index contributed by atoms with van der Waals surface area (Å²) >= 11 is 3.25. The van der Waals surface area contributed by atoms with Crippen LogP contribution in [0, 0.1) is 0 Å². The van der Waals surface area contributed by atoms with Gasteiger partial charge in [0, 0.05) is 22.8 Å². The third-order valence-corrected chi connectivity index (χ3v) is 3.28. The van der Waals surface area contributed by atoms with Gasteiger partial charge in [-0.25, -0.2) is 0 Å². The monoisotopic (exact) mass is 345 g/mol. The van der Waals surface area contributed by atoms with Crippen molar-refractivity contribution in [1.82, 2.24) is 4.98 Å². The standard InChI is InChI=1S/C14H11BrF3NO/c15-11-5-6-12(19-8-11)7-13(20)9-1-3-10(4-2-9)14(16,17)18/h1-6,8,13,20H,7H2. The summed E-state index contributed by atoms with van der Waals surface area (Å²) in [5.41, 5.74) is 0.374. The maximum absolute atomic E-state index is 12.4. The number of pyridine rings is 1. The zero-order valence-electron chi connectivity index (χ0n) is 10.2. The van der Waals surface area contributed by atoms with Crippen LogP contribution >= 0.6 is 15.9 Å². The largest absolute Gasteiger partial charge is 0.416 e. The summed E-state index contributed by atoms with van der Waals surface area (Å²) in [7, 11) is 0. The Morgan fingerprint density at radius 1 is 1.10 bits per heavy atom. The Hall–Kier alpha value is -1.40. The summed E-state index contributed by atoms with van der Waals surface area (Å²) in [6.45, 7) is 0. The van der Waals surface area contributed by atoms with E-state index in [4.69, 9.17) is 0 Å². The number of hydrogen-bond donors (Lipinski definition) is 1. The number of nitrogens with zero attached hydrogens (tertiary/aromatic N) is 1. The number of aliphatic hydroxyl groups excluding tert-OH is 1. The van der Waals surface area contributed by atoms with E-state index in [1.54, 1.807) is 18.3 Å². The second-order valence-corrected chi connectivity index (χ2v) is 5.22. The normalized spacial score (nSPS) is 13.2. The molecule has 0 aliphatic rings. The fraction of sp³-hybridized carbons (Fsp3) is 0.214. The smallest absolute Gasteiger partial charge is 0.388 e. The summed E-state index contributed by atoms with van der Waals surface area (Å²) in [6, 6.07) is 8.04. The molecule has 0 radical (unpaired) electrons. The zero-order chi connectivity index (χ0) is 14.8. The molecule has 0 bridgehead atoms. The van der Waals surface area contributed by atoms with E-state index >= 15 is 0 Å². The molecule has 1 aromatic heterocycles. The van der Waals surface area contributed by atoms with Gasteiger partial charge in [0.05, 0.1) is 11.7 Å². The average Bonchev–Trinajstić information content (AvgIpc) is 2.40. The van der Waals surface area contributed by atoms with Crippen molar-refractivity contribution in [3.8, 4) is 0 Å². The van der Waals surface area contributed by atoms with E-state index < -0.39 is 17.8 Å². The van der Waals surface area contributed by atoms with Gasteiger partial charge in [-0.15, -0.1) is 0 Å². The van der Waals surface area contributed by atoms with Crippen LogP contribution in [0.2, 0.25) is 0 Å². The minimum Gasteiger partial charge on any atom is -0.388 e. The summed E-state index contributed by atoms with van der Waals surface area (Å²) in [6.07, 6.45) is -3.39. The van der Waals surface area contributed by atoms with Crippen LogP contribution in [-0.2, 0) is 12.6 Å². The number of hydrogen-bond acceptors (Lipinski definition) is 2. The van der Waals surface area contributed by atoms with Crippen molar-refractivity contribution in [3.05, 3.63) is 63.9 Å². The highest BCUT2D eigenvalue weighted by Crippen LogP contribution is 2.30. The van der Waals surface area contributed by atoms with Gasteiger partial charge in [-0.05, 0) is 45.8 Å². The molecule has 2 rings (SSSR count). The third-order valence-electron chi connectivity index (χ3n) is 2.81. The molecule has 106 valence electrons. The first-order valence-corrected chi connectivity index (χ1v) is 6.61. The van der Waals surface area contributed by atoms with Crippen molar-refractivity contribution >= 4 is 15.9 Å². The van der Waals surface area contributed by atoms with Crippen LogP contribution in [0.5, 0.6) is 0 Å². The van der Waals surface area contributed by atoms with Crippen LogP contribution in [0.4, 0.5) is 13.2 Å². The molecule has 0 saturated heterocycles. The van der Waals surface area contributed by atoms with Crippen molar-refractivity contribution in [2.75, 3.05) is 0 Å². The molecule has 1 unspecified atom stereocenters. The van der Waals surface area contributed by atoms with E-state index in [1.165, 1.54) is 12.1 Å². The fourth-order valence-electron chi connectivity index (χ4n) is 1.74. The molecule has 1 heterocycles. The molecule has 6 heteroatoms. The average molecular weight is 346 g/mol. The molecule has 0 spiro atoms. The molecule has 0 aliphatic heterocycles. The van der Waals surface area contributed by atoms with Gasteiger partial charge in [-0.1, -0.05) is 12.1 Å². The molecule has 1 atom stereocenters. The first-order valence-electron chi connectivity index (χ1n) is 5.82. The molecule has 2 nitrogen and oxygen atoms in total. The zero-order valence-corrected chi connectivity index (χ0v) is 11.8. The van der Waals surface area contributed by atoms with E-state index in [9.17, 15) is 18.3 Å². The molecular weight excluding hydrogens is 335 g/mol. The van der Waals surface area contributed by atoms with Gasteiger partial charge in [0.1, 0.15) is 0 Å². The highest BCUT2D eigenvalue weighted by Gasteiger charge is 2.30. The van der Waals surface area contributed by atoms with E-state index in [2.05, 4.69) is 20.9 Å². The summed E-state index contributed by atoms with van der Waals surface area (Å²) in [4.78, 5) is 4.11. The van der Waals surface area contributed by atoms with Crippen molar-refractivity contribution in [1.29, 1.82) is 0 Å². The van der Waals surface area contributed by atoms with E-state index in [-0.39, 0.29) is 6.42 Å². The predicted octanol–water partition coefficient (Wildman–Crippen LogP) is 4.14. The molecule has 0 amide bonds. The number of alkyl halides is 3. The van der Waals surface area contributed by atoms with Crippen LogP contribution in [0.1, 0.15) is 22.9 Å². The lowest BCUT2D eigenvalue weighted by molar-refractivity contribution is -0.137. The number of halogens is 4. The molecule has 1 aromatic carbocycles.